The van der Waals surface area contributed by atoms with Gasteiger partial charge < -0.3 is 10.3 Å². The van der Waals surface area contributed by atoms with Crippen LogP contribution in [-0.2, 0) is 6.42 Å². The smallest absolute Gasteiger partial charge is 0.254 e. The number of benzene rings is 1. The minimum Gasteiger partial charge on any atom is -0.352 e. The quantitative estimate of drug-likeness (QED) is 0.505. The van der Waals surface area contributed by atoms with Gasteiger partial charge in [-0.3, -0.25) is 9.78 Å². The summed E-state index contributed by atoms with van der Waals surface area (Å²) in [6.45, 7) is 0.481. The van der Waals surface area contributed by atoms with Crippen LogP contribution in [0.2, 0.25) is 0 Å². The largest absolute Gasteiger partial charge is 0.352 e. The van der Waals surface area contributed by atoms with Gasteiger partial charge in [-0.1, -0.05) is 0 Å². The fourth-order valence-corrected chi connectivity index (χ4v) is 2.80. The standard InChI is InChI=1S/C20H17FN6O/c21-15-5-6-16-17(9-15)27-18(26-16)4-2-8-23-20(28)14-11-24-19(25-12-14)13-3-1-7-22-10-13/h1,3,5-7,9-12H,2,4,8H2,(H,23,28)(H,26,27). The van der Waals surface area contributed by atoms with Crippen LogP contribution >= 0.6 is 0 Å². The van der Waals surface area contributed by atoms with Crippen molar-refractivity contribution in [3.05, 3.63) is 72.3 Å². The molecule has 1 amide bonds. The molecular formula is C20H17FN6O. The van der Waals surface area contributed by atoms with Gasteiger partial charge in [-0.25, -0.2) is 19.3 Å². The first kappa shape index (κ1) is 17.7. The molecule has 0 aliphatic rings. The number of hydrogen-bond donors (Lipinski definition) is 2. The molecule has 0 atom stereocenters. The Morgan fingerprint density at radius 2 is 2.00 bits per heavy atom. The number of aryl methyl sites for hydroxylation is 1. The van der Waals surface area contributed by atoms with E-state index in [2.05, 4.69) is 30.2 Å². The van der Waals surface area contributed by atoms with Crippen LogP contribution in [-0.4, -0.2) is 37.4 Å². The number of pyridine rings is 1. The minimum absolute atomic E-state index is 0.232. The highest BCUT2D eigenvalue weighted by Gasteiger charge is 2.08. The van der Waals surface area contributed by atoms with Gasteiger partial charge in [0, 0.05) is 43.3 Å². The molecule has 0 aliphatic carbocycles. The van der Waals surface area contributed by atoms with E-state index in [1.165, 1.54) is 24.5 Å². The maximum absolute atomic E-state index is 13.2. The van der Waals surface area contributed by atoms with Crippen molar-refractivity contribution >= 4 is 16.9 Å². The van der Waals surface area contributed by atoms with Crippen LogP contribution in [0.3, 0.4) is 0 Å². The minimum atomic E-state index is -0.299. The number of carbonyl (C=O) groups excluding carboxylic acids is 1. The lowest BCUT2D eigenvalue weighted by molar-refractivity contribution is 0.0952. The maximum atomic E-state index is 13.2. The second kappa shape index (κ2) is 7.91. The van der Waals surface area contributed by atoms with E-state index in [1.807, 2.05) is 6.07 Å². The van der Waals surface area contributed by atoms with Crippen LogP contribution in [0.25, 0.3) is 22.4 Å². The number of amides is 1. The van der Waals surface area contributed by atoms with E-state index in [4.69, 9.17) is 0 Å². The van der Waals surface area contributed by atoms with Crippen LogP contribution < -0.4 is 5.32 Å². The molecule has 0 spiro atoms. The van der Waals surface area contributed by atoms with Crippen molar-refractivity contribution in [2.45, 2.75) is 12.8 Å². The van der Waals surface area contributed by atoms with E-state index in [1.54, 1.807) is 24.5 Å². The first-order valence-electron chi connectivity index (χ1n) is 8.84. The molecule has 2 N–H and O–H groups in total. The van der Waals surface area contributed by atoms with Crippen molar-refractivity contribution in [3.8, 4) is 11.4 Å². The van der Waals surface area contributed by atoms with Gasteiger partial charge in [0.2, 0.25) is 0 Å². The van der Waals surface area contributed by atoms with Gasteiger partial charge in [0.1, 0.15) is 11.6 Å². The summed E-state index contributed by atoms with van der Waals surface area (Å²) >= 11 is 0. The summed E-state index contributed by atoms with van der Waals surface area (Å²) in [5.74, 6) is 0.751. The summed E-state index contributed by atoms with van der Waals surface area (Å²) in [5.41, 5.74) is 2.59. The Bertz CT molecular complexity index is 1090. The molecule has 1 aromatic carbocycles. The van der Waals surface area contributed by atoms with Gasteiger partial charge in [0.05, 0.1) is 16.6 Å². The number of carbonyl (C=O) groups is 1. The van der Waals surface area contributed by atoms with Crippen LogP contribution in [0.15, 0.2) is 55.1 Å². The summed E-state index contributed by atoms with van der Waals surface area (Å²) in [7, 11) is 0. The summed E-state index contributed by atoms with van der Waals surface area (Å²) < 4.78 is 13.2. The number of aromatic amines is 1. The predicted octanol–water partition coefficient (Wildman–Crippen LogP) is 2.92. The molecule has 0 fully saturated rings. The van der Waals surface area contributed by atoms with Gasteiger partial charge in [0.15, 0.2) is 5.82 Å². The Balaban J connectivity index is 1.29. The third-order valence-electron chi connectivity index (χ3n) is 4.20. The molecule has 4 aromatic rings. The molecule has 7 nitrogen and oxygen atoms in total. The Morgan fingerprint density at radius 3 is 2.79 bits per heavy atom. The molecule has 28 heavy (non-hydrogen) atoms. The van der Waals surface area contributed by atoms with Crippen molar-refractivity contribution in [2.24, 2.45) is 0 Å². The molecule has 0 saturated heterocycles. The van der Waals surface area contributed by atoms with E-state index in [0.29, 0.717) is 36.3 Å². The molecule has 0 saturated carbocycles. The van der Waals surface area contributed by atoms with Gasteiger partial charge in [-0.05, 0) is 36.8 Å². The fraction of sp³-hybridized carbons (Fsp3) is 0.150. The molecule has 0 unspecified atom stereocenters. The number of hydrogen-bond acceptors (Lipinski definition) is 5. The fourth-order valence-electron chi connectivity index (χ4n) is 2.80. The highest BCUT2D eigenvalue weighted by Crippen LogP contribution is 2.14. The van der Waals surface area contributed by atoms with Crippen molar-refractivity contribution in [2.75, 3.05) is 6.54 Å². The number of nitrogens with zero attached hydrogens (tertiary/aromatic N) is 4. The lowest BCUT2D eigenvalue weighted by Crippen LogP contribution is -2.25. The topological polar surface area (TPSA) is 96.5 Å². The van der Waals surface area contributed by atoms with Crippen molar-refractivity contribution in [1.29, 1.82) is 0 Å². The van der Waals surface area contributed by atoms with Gasteiger partial charge in [-0.15, -0.1) is 0 Å². The average molecular weight is 376 g/mol. The second-order valence-electron chi connectivity index (χ2n) is 6.24. The second-order valence-corrected chi connectivity index (χ2v) is 6.24. The lowest BCUT2D eigenvalue weighted by atomic mass is 10.2. The predicted molar refractivity (Wildman–Crippen MR) is 102 cm³/mol. The zero-order chi connectivity index (χ0) is 19.3. The van der Waals surface area contributed by atoms with E-state index in [9.17, 15) is 9.18 Å². The van der Waals surface area contributed by atoms with E-state index < -0.39 is 0 Å². The Hall–Kier alpha value is -3.68. The lowest BCUT2D eigenvalue weighted by Gasteiger charge is -2.05. The number of nitrogens with one attached hydrogen (secondary N) is 2. The zero-order valence-corrected chi connectivity index (χ0v) is 14.9. The van der Waals surface area contributed by atoms with Crippen molar-refractivity contribution < 1.29 is 9.18 Å². The van der Waals surface area contributed by atoms with Gasteiger partial charge >= 0.3 is 0 Å². The van der Waals surface area contributed by atoms with Crippen molar-refractivity contribution in [3.63, 3.8) is 0 Å². The number of imidazole rings is 1. The third kappa shape index (κ3) is 4.01. The number of aromatic nitrogens is 5. The van der Waals surface area contributed by atoms with Crippen molar-refractivity contribution in [1.82, 2.24) is 30.2 Å². The monoisotopic (exact) mass is 376 g/mol. The zero-order valence-electron chi connectivity index (χ0n) is 14.9. The highest BCUT2D eigenvalue weighted by atomic mass is 19.1. The third-order valence-corrected chi connectivity index (χ3v) is 4.20. The molecule has 140 valence electrons. The van der Waals surface area contributed by atoms with Gasteiger partial charge in [-0.2, -0.15) is 0 Å². The Morgan fingerprint density at radius 1 is 1.14 bits per heavy atom. The van der Waals surface area contributed by atoms with E-state index in [-0.39, 0.29) is 11.7 Å². The first-order valence-corrected chi connectivity index (χ1v) is 8.84. The normalized spacial score (nSPS) is 10.9. The number of H-pyrrole nitrogens is 1. The summed E-state index contributed by atoms with van der Waals surface area (Å²) in [5, 5.41) is 2.84. The summed E-state index contributed by atoms with van der Waals surface area (Å²) in [4.78, 5) is 32.2. The first-order chi connectivity index (χ1) is 13.7. The highest BCUT2D eigenvalue weighted by molar-refractivity contribution is 5.93. The Kier molecular flexibility index (Phi) is 5.01. The molecule has 8 heteroatoms. The summed E-state index contributed by atoms with van der Waals surface area (Å²) in [6, 6.07) is 8.10. The van der Waals surface area contributed by atoms with E-state index >= 15 is 0 Å². The SMILES string of the molecule is O=C(NCCCc1nc2ccc(F)cc2[nH]1)c1cnc(-c2cccnc2)nc1. The number of fused-ring (bicyclic) bond motifs is 1. The van der Waals surface area contributed by atoms with Crippen LogP contribution in [0, 0.1) is 5.82 Å². The summed E-state index contributed by atoms with van der Waals surface area (Å²) in [6.07, 6.45) is 7.68. The molecule has 3 aromatic heterocycles. The van der Waals surface area contributed by atoms with Crippen LogP contribution in [0.5, 0.6) is 0 Å². The molecule has 0 bridgehead atoms. The number of rotatable bonds is 6. The van der Waals surface area contributed by atoms with Gasteiger partial charge in [0.25, 0.3) is 5.91 Å². The van der Waals surface area contributed by atoms with Crippen LogP contribution in [0.1, 0.15) is 22.6 Å². The molecule has 4 rings (SSSR count). The van der Waals surface area contributed by atoms with Crippen LogP contribution in [0.4, 0.5) is 4.39 Å². The average Bonchev–Trinajstić information content (AvgIpc) is 3.13. The molecule has 3 heterocycles. The van der Waals surface area contributed by atoms with E-state index in [0.717, 1.165) is 16.9 Å². The Labute approximate surface area is 160 Å². The number of halogens is 1. The molecule has 0 radical (unpaired) electrons. The molecular weight excluding hydrogens is 359 g/mol. The molecule has 0 aliphatic heterocycles. The maximum Gasteiger partial charge on any atom is 0.254 e.